The van der Waals surface area contributed by atoms with Gasteiger partial charge in [-0.3, -0.25) is 9.59 Å². The molecule has 160 valence electrons. The molecule has 0 radical (unpaired) electrons. The number of ether oxygens (including phenoxy) is 1. The second kappa shape index (κ2) is 8.38. The number of halogens is 3. The predicted molar refractivity (Wildman–Crippen MR) is 103 cm³/mol. The molecule has 3 rings (SSSR count). The lowest BCUT2D eigenvalue weighted by molar-refractivity contribution is -0.145. The lowest BCUT2D eigenvalue weighted by Gasteiger charge is -2.20. The van der Waals surface area contributed by atoms with Gasteiger partial charge in [-0.25, -0.2) is 0 Å². The summed E-state index contributed by atoms with van der Waals surface area (Å²) < 4.78 is 43.9. The SMILES string of the molecule is COC(=O)C(CNC(=O)C1(c2cccc(C(F)(F)F)c2)CC1)Cc1ccc(O)cc1. The highest BCUT2D eigenvalue weighted by molar-refractivity contribution is 5.91. The number of amides is 1. The largest absolute Gasteiger partial charge is 0.508 e. The Labute approximate surface area is 171 Å². The average Bonchev–Trinajstić information content (AvgIpc) is 3.53. The molecule has 5 nitrogen and oxygen atoms in total. The zero-order valence-electron chi connectivity index (χ0n) is 16.3. The molecule has 0 bridgehead atoms. The van der Waals surface area contributed by atoms with Gasteiger partial charge in [-0.1, -0.05) is 30.3 Å². The van der Waals surface area contributed by atoms with Crippen molar-refractivity contribution in [1.29, 1.82) is 0 Å². The molecule has 1 amide bonds. The summed E-state index contributed by atoms with van der Waals surface area (Å²) in [5.74, 6) is -1.48. The third-order valence-electron chi connectivity index (χ3n) is 5.39. The number of carbonyl (C=O) groups excluding carboxylic acids is 2. The van der Waals surface area contributed by atoms with Crippen LogP contribution in [-0.2, 0) is 32.3 Å². The number of hydrogen-bond donors (Lipinski definition) is 2. The summed E-state index contributed by atoms with van der Waals surface area (Å²) in [4.78, 5) is 25.0. The zero-order chi connectivity index (χ0) is 21.9. The van der Waals surface area contributed by atoms with Crippen molar-refractivity contribution < 1.29 is 32.6 Å². The molecule has 0 aromatic heterocycles. The summed E-state index contributed by atoms with van der Waals surface area (Å²) in [6.07, 6.45) is -3.31. The first-order valence-corrected chi connectivity index (χ1v) is 9.47. The van der Waals surface area contributed by atoms with Crippen molar-refractivity contribution in [2.45, 2.75) is 30.9 Å². The minimum absolute atomic E-state index is 0.00685. The molecule has 1 fully saturated rings. The number of phenols is 1. The van der Waals surface area contributed by atoms with E-state index in [-0.39, 0.29) is 18.7 Å². The first-order valence-electron chi connectivity index (χ1n) is 9.47. The van der Waals surface area contributed by atoms with Gasteiger partial charge in [-0.2, -0.15) is 13.2 Å². The van der Waals surface area contributed by atoms with E-state index in [1.54, 1.807) is 12.1 Å². The number of hydrogen-bond acceptors (Lipinski definition) is 4. The van der Waals surface area contributed by atoms with Gasteiger partial charge < -0.3 is 15.2 Å². The molecule has 1 aliphatic rings. The van der Waals surface area contributed by atoms with E-state index >= 15 is 0 Å². The van der Waals surface area contributed by atoms with Crippen LogP contribution in [0.15, 0.2) is 48.5 Å². The van der Waals surface area contributed by atoms with Crippen molar-refractivity contribution in [1.82, 2.24) is 5.32 Å². The van der Waals surface area contributed by atoms with Crippen LogP contribution >= 0.6 is 0 Å². The van der Waals surface area contributed by atoms with Crippen molar-refractivity contribution in [3.63, 3.8) is 0 Å². The van der Waals surface area contributed by atoms with Crippen LogP contribution in [0.2, 0.25) is 0 Å². The van der Waals surface area contributed by atoms with Gasteiger partial charge in [-0.05, 0) is 48.6 Å². The molecule has 2 aromatic carbocycles. The fraction of sp³-hybridized carbons (Fsp3) is 0.364. The Balaban J connectivity index is 1.70. The monoisotopic (exact) mass is 421 g/mol. The van der Waals surface area contributed by atoms with E-state index in [0.29, 0.717) is 18.4 Å². The van der Waals surface area contributed by atoms with Gasteiger partial charge in [0.25, 0.3) is 0 Å². The third kappa shape index (κ3) is 4.75. The predicted octanol–water partition coefficient (Wildman–Crippen LogP) is 3.59. The van der Waals surface area contributed by atoms with Crippen LogP contribution in [-0.4, -0.2) is 30.6 Å². The van der Waals surface area contributed by atoms with Crippen LogP contribution in [0.25, 0.3) is 0 Å². The highest BCUT2D eigenvalue weighted by Gasteiger charge is 2.51. The maximum atomic E-state index is 13.0. The maximum absolute atomic E-state index is 13.0. The van der Waals surface area contributed by atoms with Crippen molar-refractivity contribution in [3.05, 3.63) is 65.2 Å². The second-order valence-corrected chi connectivity index (χ2v) is 7.46. The highest BCUT2D eigenvalue weighted by Crippen LogP contribution is 2.49. The number of rotatable bonds is 7. The van der Waals surface area contributed by atoms with Crippen molar-refractivity contribution in [3.8, 4) is 5.75 Å². The smallest absolute Gasteiger partial charge is 0.416 e. The Morgan fingerprint density at radius 1 is 1.17 bits per heavy atom. The fourth-order valence-corrected chi connectivity index (χ4v) is 3.47. The van der Waals surface area contributed by atoms with Crippen LogP contribution in [0.1, 0.15) is 29.5 Å². The van der Waals surface area contributed by atoms with Crippen LogP contribution in [0.3, 0.4) is 0 Å². The first kappa shape index (κ1) is 21.7. The van der Waals surface area contributed by atoms with E-state index in [1.165, 1.54) is 31.4 Å². The Kier molecular flexibility index (Phi) is 6.05. The van der Waals surface area contributed by atoms with Gasteiger partial charge in [0.05, 0.1) is 24.0 Å². The Morgan fingerprint density at radius 3 is 2.40 bits per heavy atom. The summed E-state index contributed by atoms with van der Waals surface area (Å²) in [5.41, 5.74) is -0.696. The molecule has 8 heteroatoms. The van der Waals surface area contributed by atoms with E-state index in [9.17, 15) is 27.9 Å². The molecule has 1 atom stereocenters. The van der Waals surface area contributed by atoms with Crippen LogP contribution in [0, 0.1) is 5.92 Å². The molecule has 2 N–H and O–H groups in total. The van der Waals surface area contributed by atoms with Gasteiger partial charge in [0, 0.05) is 6.54 Å². The molecular formula is C22H22F3NO4. The van der Waals surface area contributed by atoms with Gasteiger partial charge in [0.2, 0.25) is 5.91 Å². The topological polar surface area (TPSA) is 75.6 Å². The third-order valence-corrected chi connectivity index (χ3v) is 5.39. The van der Waals surface area contributed by atoms with E-state index in [1.807, 2.05) is 0 Å². The molecule has 0 aliphatic heterocycles. The Hall–Kier alpha value is -3.03. The second-order valence-electron chi connectivity index (χ2n) is 7.46. The number of nitrogens with one attached hydrogen (secondary N) is 1. The van der Waals surface area contributed by atoms with E-state index in [0.717, 1.165) is 17.7 Å². The maximum Gasteiger partial charge on any atom is 0.416 e. The standard InChI is InChI=1S/C22H22F3NO4/c1-30-19(28)15(11-14-5-7-18(27)8-6-14)13-26-20(29)21(9-10-21)16-3-2-4-17(12-16)22(23,24)25/h2-8,12,15,27H,9-11,13H2,1H3,(H,26,29). The average molecular weight is 421 g/mol. The molecule has 1 saturated carbocycles. The molecule has 1 aliphatic carbocycles. The molecule has 30 heavy (non-hydrogen) atoms. The summed E-state index contributed by atoms with van der Waals surface area (Å²) in [5, 5.41) is 12.1. The molecule has 2 aromatic rings. The van der Waals surface area contributed by atoms with E-state index < -0.39 is 34.9 Å². The van der Waals surface area contributed by atoms with Crippen molar-refractivity contribution in [2.75, 3.05) is 13.7 Å². The fourth-order valence-electron chi connectivity index (χ4n) is 3.47. The summed E-state index contributed by atoms with van der Waals surface area (Å²) >= 11 is 0. The lowest BCUT2D eigenvalue weighted by Crippen LogP contribution is -2.40. The number of phenolic OH excluding ortho intramolecular Hbond substituents is 1. The molecule has 0 heterocycles. The highest BCUT2D eigenvalue weighted by atomic mass is 19.4. The van der Waals surface area contributed by atoms with Crippen molar-refractivity contribution >= 4 is 11.9 Å². The molecule has 0 spiro atoms. The Morgan fingerprint density at radius 2 is 1.83 bits per heavy atom. The number of methoxy groups -OCH3 is 1. The summed E-state index contributed by atoms with van der Waals surface area (Å²) in [6, 6.07) is 11.1. The summed E-state index contributed by atoms with van der Waals surface area (Å²) in [7, 11) is 1.25. The van der Waals surface area contributed by atoms with Gasteiger partial charge in [0.1, 0.15) is 5.75 Å². The normalized spacial score (nSPS) is 15.9. The van der Waals surface area contributed by atoms with Crippen LogP contribution < -0.4 is 5.32 Å². The number of aromatic hydroxyl groups is 1. The lowest BCUT2D eigenvalue weighted by atomic mass is 9.92. The minimum Gasteiger partial charge on any atom is -0.508 e. The minimum atomic E-state index is -4.48. The van der Waals surface area contributed by atoms with Crippen LogP contribution in [0.4, 0.5) is 13.2 Å². The quantitative estimate of drug-likeness (QED) is 0.670. The van der Waals surface area contributed by atoms with Crippen molar-refractivity contribution in [2.24, 2.45) is 5.92 Å². The Bertz CT molecular complexity index is 921. The van der Waals surface area contributed by atoms with Gasteiger partial charge in [-0.15, -0.1) is 0 Å². The molecule has 0 saturated heterocycles. The van der Waals surface area contributed by atoms with E-state index in [2.05, 4.69) is 5.32 Å². The number of benzene rings is 2. The van der Waals surface area contributed by atoms with Gasteiger partial charge in [0.15, 0.2) is 0 Å². The van der Waals surface area contributed by atoms with Crippen LogP contribution in [0.5, 0.6) is 5.75 Å². The zero-order valence-corrected chi connectivity index (χ0v) is 16.3. The number of carbonyl (C=O) groups is 2. The molecule has 1 unspecified atom stereocenters. The first-order chi connectivity index (χ1) is 14.2. The number of alkyl halides is 3. The van der Waals surface area contributed by atoms with Gasteiger partial charge >= 0.3 is 12.1 Å². The molecular weight excluding hydrogens is 399 g/mol. The number of esters is 1. The van der Waals surface area contributed by atoms with E-state index in [4.69, 9.17) is 4.74 Å². The summed E-state index contributed by atoms with van der Waals surface area (Å²) in [6.45, 7) is -0.00685.